The zero-order valence-corrected chi connectivity index (χ0v) is 13.7. The monoisotopic (exact) mass is 351 g/mol. The van der Waals surface area contributed by atoms with Gasteiger partial charge in [0.05, 0.1) is 17.9 Å². The van der Waals surface area contributed by atoms with Crippen molar-refractivity contribution in [3.63, 3.8) is 0 Å². The van der Waals surface area contributed by atoms with Crippen LogP contribution in [0.25, 0.3) is 5.76 Å². The molecule has 0 aliphatic carbocycles. The van der Waals surface area contributed by atoms with Crippen molar-refractivity contribution in [1.82, 2.24) is 4.90 Å². The molecule has 3 N–H and O–H groups in total. The molecule has 0 saturated carbocycles. The first-order valence-electron chi connectivity index (χ1n) is 7.16. The lowest BCUT2D eigenvalue weighted by Crippen LogP contribution is -2.35. The first-order chi connectivity index (χ1) is 11.4. The summed E-state index contributed by atoms with van der Waals surface area (Å²) in [4.78, 5) is 36.3. The third-order valence-corrected chi connectivity index (χ3v) is 4.73. The summed E-state index contributed by atoms with van der Waals surface area (Å²) in [6.07, 6.45) is 0. The van der Waals surface area contributed by atoms with E-state index in [1.54, 1.807) is 24.3 Å². The van der Waals surface area contributed by atoms with Gasteiger partial charge in [0.25, 0.3) is 11.7 Å². The number of aliphatic hydroxyl groups is 2. The summed E-state index contributed by atoms with van der Waals surface area (Å²) >= 11 is 0.838. The van der Waals surface area contributed by atoms with Gasteiger partial charge in [0.15, 0.2) is 0 Å². The molecule has 0 spiro atoms. The van der Waals surface area contributed by atoms with Crippen LogP contribution in [-0.4, -0.2) is 62.2 Å². The molecule has 1 aromatic rings. The molecule has 1 heterocycles. The SMILES string of the molecule is Cc1ccc(/C(O)=C2\C(=O)C(=O)N(CCO)C2SCC(=O)O)cc1. The number of aryl methyl sites for hydroxylation is 1. The number of benzene rings is 1. The Hall–Kier alpha value is -2.32. The zero-order valence-electron chi connectivity index (χ0n) is 12.9. The minimum Gasteiger partial charge on any atom is -0.507 e. The van der Waals surface area contributed by atoms with Crippen molar-refractivity contribution in [2.24, 2.45) is 0 Å². The second-order valence-electron chi connectivity index (χ2n) is 5.24. The van der Waals surface area contributed by atoms with E-state index in [0.717, 1.165) is 22.2 Å². The summed E-state index contributed by atoms with van der Waals surface area (Å²) in [5.41, 5.74) is 1.18. The molecule has 0 bridgehead atoms. The van der Waals surface area contributed by atoms with Crippen molar-refractivity contribution in [1.29, 1.82) is 0 Å². The lowest BCUT2D eigenvalue weighted by molar-refractivity contribution is -0.139. The van der Waals surface area contributed by atoms with Gasteiger partial charge in [-0.25, -0.2) is 0 Å². The van der Waals surface area contributed by atoms with Crippen molar-refractivity contribution in [2.75, 3.05) is 18.9 Å². The Morgan fingerprint density at radius 3 is 2.38 bits per heavy atom. The maximum atomic E-state index is 12.3. The van der Waals surface area contributed by atoms with Crippen LogP contribution < -0.4 is 0 Å². The summed E-state index contributed by atoms with van der Waals surface area (Å²) in [5.74, 6) is -3.55. The molecular weight excluding hydrogens is 334 g/mol. The maximum Gasteiger partial charge on any atom is 0.313 e. The Morgan fingerprint density at radius 2 is 1.83 bits per heavy atom. The zero-order chi connectivity index (χ0) is 17.9. The Labute approximate surface area is 142 Å². The number of ketones is 1. The second kappa shape index (κ2) is 7.50. The Balaban J connectivity index is 2.47. The number of β-amino-alcohol motifs (C(OH)–C–C–N with tert-alkyl or cyclic N) is 1. The molecule has 1 amide bonds. The minimum absolute atomic E-state index is 0.119. The number of rotatable bonds is 6. The highest BCUT2D eigenvalue weighted by Crippen LogP contribution is 2.35. The molecule has 1 aromatic carbocycles. The van der Waals surface area contributed by atoms with Crippen molar-refractivity contribution in [2.45, 2.75) is 12.3 Å². The number of carbonyl (C=O) groups excluding carboxylic acids is 2. The van der Waals surface area contributed by atoms with Gasteiger partial charge in [0.1, 0.15) is 11.1 Å². The van der Waals surface area contributed by atoms with E-state index in [0.29, 0.717) is 5.56 Å². The predicted molar refractivity (Wildman–Crippen MR) is 88.4 cm³/mol. The number of hydrogen-bond acceptors (Lipinski definition) is 6. The van der Waals surface area contributed by atoms with Gasteiger partial charge in [-0.3, -0.25) is 14.4 Å². The van der Waals surface area contributed by atoms with Gasteiger partial charge < -0.3 is 20.2 Å². The van der Waals surface area contributed by atoms with Crippen LogP contribution in [0.5, 0.6) is 0 Å². The fraction of sp³-hybridized carbons (Fsp3) is 0.312. The molecule has 128 valence electrons. The summed E-state index contributed by atoms with van der Waals surface area (Å²) in [6.45, 7) is 1.38. The second-order valence-corrected chi connectivity index (χ2v) is 6.31. The number of hydrogen-bond donors (Lipinski definition) is 3. The number of likely N-dealkylation sites (tertiary alicyclic amines) is 1. The number of aliphatic hydroxyl groups excluding tert-OH is 2. The van der Waals surface area contributed by atoms with Gasteiger partial charge in [-0.2, -0.15) is 0 Å². The third kappa shape index (κ3) is 3.60. The number of carboxylic acids is 1. The highest BCUT2D eigenvalue weighted by molar-refractivity contribution is 8.00. The van der Waals surface area contributed by atoms with E-state index < -0.39 is 23.0 Å². The number of carboxylic acid groups (broad SMARTS) is 1. The number of amides is 1. The van der Waals surface area contributed by atoms with Crippen molar-refractivity contribution < 1.29 is 29.7 Å². The Kier molecular flexibility index (Phi) is 5.63. The van der Waals surface area contributed by atoms with Gasteiger partial charge in [0, 0.05) is 12.1 Å². The lowest BCUT2D eigenvalue weighted by Gasteiger charge is -2.22. The van der Waals surface area contributed by atoms with Gasteiger partial charge in [-0.1, -0.05) is 29.8 Å². The van der Waals surface area contributed by atoms with E-state index in [4.69, 9.17) is 10.2 Å². The fourth-order valence-electron chi connectivity index (χ4n) is 2.36. The molecule has 0 radical (unpaired) electrons. The predicted octanol–water partition coefficient (Wildman–Crippen LogP) is 0.812. The van der Waals surface area contributed by atoms with E-state index in [1.807, 2.05) is 6.92 Å². The fourth-order valence-corrected chi connectivity index (χ4v) is 3.43. The first kappa shape index (κ1) is 18.0. The number of thioether (sulfide) groups is 1. The summed E-state index contributed by atoms with van der Waals surface area (Å²) < 4.78 is 0. The van der Waals surface area contributed by atoms with Crippen molar-refractivity contribution >= 4 is 35.2 Å². The number of nitrogens with zero attached hydrogens (tertiary/aromatic N) is 1. The summed E-state index contributed by atoms with van der Waals surface area (Å²) in [7, 11) is 0. The highest BCUT2D eigenvalue weighted by Gasteiger charge is 2.45. The molecule has 0 aromatic heterocycles. The van der Waals surface area contributed by atoms with Gasteiger partial charge in [0.2, 0.25) is 0 Å². The highest BCUT2D eigenvalue weighted by atomic mass is 32.2. The normalized spacial score (nSPS) is 19.8. The van der Waals surface area contributed by atoms with Crippen LogP contribution >= 0.6 is 11.8 Å². The molecule has 8 heteroatoms. The number of Topliss-reactive ketones (excluding diaryl/α,β-unsaturated/α-hetero) is 1. The molecule has 7 nitrogen and oxygen atoms in total. The van der Waals surface area contributed by atoms with Crippen LogP contribution in [0.1, 0.15) is 11.1 Å². The van der Waals surface area contributed by atoms with E-state index in [2.05, 4.69) is 0 Å². The molecule has 2 rings (SSSR count). The van der Waals surface area contributed by atoms with E-state index >= 15 is 0 Å². The first-order valence-corrected chi connectivity index (χ1v) is 8.21. The molecule has 24 heavy (non-hydrogen) atoms. The maximum absolute atomic E-state index is 12.3. The van der Waals surface area contributed by atoms with Crippen LogP contribution in [0, 0.1) is 6.92 Å². The number of aliphatic carboxylic acids is 1. The van der Waals surface area contributed by atoms with E-state index in [9.17, 15) is 19.5 Å². The molecule has 1 unspecified atom stereocenters. The van der Waals surface area contributed by atoms with Crippen LogP contribution in [0.4, 0.5) is 0 Å². The van der Waals surface area contributed by atoms with Crippen LogP contribution in [0.3, 0.4) is 0 Å². The number of carbonyl (C=O) groups is 3. The lowest BCUT2D eigenvalue weighted by atomic mass is 10.1. The van der Waals surface area contributed by atoms with Crippen LogP contribution in [0.2, 0.25) is 0 Å². The van der Waals surface area contributed by atoms with E-state index in [-0.39, 0.29) is 30.2 Å². The van der Waals surface area contributed by atoms with Crippen molar-refractivity contribution in [3.8, 4) is 0 Å². The summed E-state index contributed by atoms with van der Waals surface area (Å²) in [5, 5.41) is 27.5. The molecule has 1 aliphatic heterocycles. The Morgan fingerprint density at radius 1 is 1.21 bits per heavy atom. The standard InChI is InChI=1S/C16H17NO6S/c1-9-2-4-10(5-3-9)13(21)12-14(22)15(23)17(6-7-18)16(12)24-8-11(19)20/h2-5,16,18,21H,6-8H2,1H3,(H,19,20)/b13-12-. The quantitative estimate of drug-likeness (QED) is 0.395. The molecule has 1 fully saturated rings. The van der Waals surface area contributed by atoms with Gasteiger partial charge >= 0.3 is 5.97 Å². The minimum atomic E-state index is -1.11. The van der Waals surface area contributed by atoms with Crippen molar-refractivity contribution in [3.05, 3.63) is 41.0 Å². The average molecular weight is 351 g/mol. The molecule has 1 saturated heterocycles. The van der Waals surface area contributed by atoms with Gasteiger partial charge in [-0.15, -0.1) is 11.8 Å². The van der Waals surface area contributed by atoms with E-state index in [1.165, 1.54) is 0 Å². The van der Waals surface area contributed by atoms with Gasteiger partial charge in [-0.05, 0) is 6.92 Å². The largest absolute Gasteiger partial charge is 0.507 e. The smallest absolute Gasteiger partial charge is 0.313 e. The third-order valence-electron chi connectivity index (χ3n) is 3.52. The van der Waals surface area contributed by atoms with Crippen LogP contribution in [0.15, 0.2) is 29.8 Å². The summed E-state index contributed by atoms with van der Waals surface area (Å²) in [6, 6.07) is 6.72. The molecule has 1 aliphatic rings. The van der Waals surface area contributed by atoms with Crippen LogP contribution in [-0.2, 0) is 14.4 Å². The molecular formula is C16H17NO6S. The topological polar surface area (TPSA) is 115 Å². The average Bonchev–Trinajstić information content (AvgIpc) is 2.78. The Bertz CT molecular complexity index is 697. The molecule has 1 atom stereocenters.